The molecule has 1 aromatic heterocycles. The maximum Gasteiger partial charge on any atom is 0.272 e. The second-order valence-corrected chi connectivity index (χ2v) is 11.0. The summed E-state index contributed by atoms with van der Waals surface area (Å²) < 4.78 is 23.1. The quantitative estimate of drug-likeness (QED) is 0.681. The molecular formula is C26H36N4O4S. The topological polar surface area (TPSA) is 87.8 Å². The highest BCUT2D eigenvalue weighted by Crippen LogP contribution is 2.36. The van der Waals surface area contributed by atoms with Crippen molar-refractivity contribution in [3.63, 3.8) is 0 Å². The van der Waals surface area contributed by atoms with E-state index in [0.29, 0.717) is 37.8 Å². The van der Waals surface area contributed by atoms with Gasteiger partial charge in [-0.2, -0.15) is 5.10 Å². The number of likely N-dealkylation sites (tertiary alicyclic amines) is 1. The van der Waals surface area contributed by atoms with Crippen molar-refractivity contribution in [1.29, 1.82) is 0 Å². The summed E-state index contributed by atoms with van der Waals surface area (Å²) in [5, 5.41) is 7.17. The first-order valence-electron chi connectivity index (χ1n) is 13.0. The molecule has 8 nitrogen and oxygen atoms in total. The first-order chi connectivity index (χ1) is 17.2. The van der Waals surface area contributed by atoms with Gasteiger partial charge in [0.2, 0.25) is 0 Å². The third-order valence-electron chi connectivity index (χ3n) is 7.39. The zero-order chi connectivity index (χ0) is 24.0. The Labute approximate surface area is 209 Å². The number of benzene rings is 1. The molecule has 0 spiro atoms. The highest BCUT2D eigenvalue weighted by Gasteiger charge is 2.31. The average molecular weight is 501 g/mol. The fraction of sp³-hybridized carbons (Fsp3) is 0.615. The van der Waals surface area contributed by atoms with E-state index >= 15 is 0 Å². The number of fused-ring (bicyclic) bond motifs is 3. The lowest BCUT2D eigenvalue weighted by atomic mass is 10.1. The van der Waals surface area contributed by atoms with Crippen LogP contribution >= 0.6 is 0 Å². The highest BCUT2D eigenvalue weighted by atomic mass is 32.2. The predicted molar refractivity (Wildman–Crippen MR) is 135 cm³/mol. The summed E-state index contributed by atoms with van der Waals surface area (Å²) in [7, 11) is -1.14. The molecule has 0 saturated carbocycles. The molecule has 3 fully saturated rings. The average Bonchev–Trinajstić information content (AvgIpc) is 3.15. The minimum Gasteiger partial charge on any atom is -0.381 e. The third kappa shape index (κ3) is 5.69. The number of amides is 1. The predicted octanol–water partition coefficient (Wildman–Crippen LogP) is 3.21. The number of morpholine rings is 1. The molecule has 0 radical (unpaired) electrons. The number of nitrogens with zero attached hydrogens (tertiary/aromatic N) is 3. The van der Waals surface area contributed by atoms with E-state index in [1.807, 2.05) is 24.3 Å². The maximum atomic E-state index is 12.7. The standard InChI is InChI=1S/C15H15N3O3S.C11H21NO/c19-15(18-5-7-21-8-6-18)14-11-9-22(20)12-4-2-1-3-10(12)13(11)16-17-14;1-2-4-8-12(7-3-1)11-5-9-13-10-6-11/h1-4H,5-9H2,(H,16,17);11H,1-10H2. The van der Waals surface area contributed by atoms with Crippen LogP contribution in [0.25, 0.3) is 11.3 Å². The van der Waals surface area contributed by atoms with Gasteiger partial charge in [-0.3, -0.25) is 14.1 Å². The largest absolute Gasteiger partial charge is 0.381 e. The van der Waals surface area contributed by atoms with E-state index in [1.54, 1.807) is 4.90 Å². The second kappa shape index (κ2) is 11.8. The molecule has 35 heavy (non-hydrogen) atoms. The van der Waals surface area contributed by atoms with Crippen LogP contribution in [0.2, 0.25) is 0 Å². The Bertz CT molecular complexity index is 1020. The molecule has 0 aliphatic carbocycles. The van der Waals surface area contributed by atoms with E-state index in [-0.39, 0.29) is 5.91 Å². The number of rotatable bonds is 2. The maximum absolute atomic E-state index is 12.7. The first kappa shape index (κ1) is 24.6. The van der Waals surface area contributed by atoms with E-state index in [4.69, 9.17) is 9.47 Å². The van der Waals surface area contributed by atoms with Gasteiger partial charge in [0.25, 0.3) is 5.91 Å². The molecule has 6 rings (SSSR count). The van der Waals surface area contributed by atoms with E-state index in [2.05, 4.69) is 15.1 Å². The minimum absolute atomic E-state index is 0.0894. The minimum atomic E-state index is -1.14. The summed E-state index contributed by atoms with van der Waals surface area (Å²) in [6.45, 7) is 6.91. The summed E-state index contributed by atoms with van der Waals surface area (Å²) in [6, 6.07) is 8.35. The molecule has 3 saturated heterocycles. The lowest BCUT2D eigenvalue weighted by molar-refractivity contribution is 0.0298. The zero-order valence-corrected chi connectivity index (χ0v) is 21.2. The lowest BCUT2D eigenvalue weighted by Crippen LogP contribution is -2.41. The van der Waals surface area contributed by atoms with Gasteiger partial charge in [-0.15, -0.1) is 0 Å². The van der Waals surface area contributed by atoms with Crippen LogP contribution in [0, 0.1) is 0 Å². The first-order valence-corrected chi connectivity index (χ1v) is 14.3. The molecule has 1 unspecified atom stereocenters. The number of carbonyl (C=O) groups excluding carboxylic acids is 1. The van der Waals surface area contributed by atoms with E-state index in [1.165, 1.54) is 51.6 Å². The van der Waals surface area contributed by atoms with Crippen LogP contribution in [-0.4, -0.2) is 88.8 Å². The Balaban J connectivity index is 0.000000166. The number of nitrogens with one attached hydrogen (secondary N) is 1. The van der Waals surface area contributed by atoms with Gasteiger partial charge in [0, 0.05) is 48.4 Å². The van der Waals surface area contributed by atoms with Crippen molar-refractivity contribution >= 4 is 16.7 Å². The number of carbonyl (C=O) groups is 1. The Kier molecular flexibility index (Phi) is 8.28. The monoisotopic (exact) mass is 500 g/mol. The summed E-state index contributed by atoms with van der Waals surface area (Å²) in [5.41, 5.74) is 2.81. The van der Waals surface area contributed by atoms with E-state index < -0.39 is 10.8 Å². The van der Waals surface area contributed by atoms with Crippen LogP contribution < -0.4 is 0 Å². The molecule has 190 valence electrons. The summed E-state index contributed by atoms with van der Waals surface area (Å²) in [4.78, 5) is 17.9. The number of H-pyrrole nitrogens is 1. The Morgan fingerprint density at radius 2 is 1.63 bits per heavy atom. The summed E-state index contributed by atoms with van der Waals surface area (Å²) >= 11 is 0. The molecule has 1 amide bonds. The van der Waals surface area contributed by atoms with Crippen molar-refractivity contribution in [3.8, 4) is 11.3 Å². The van der Waals surface area contributed by atoms with Gasteiger partial charge in [-0.1, -0.05) is 31.0 Å². The molecule has 2 aromatic rings. The Hall–Kier alpha value is -2.07. The Morgan fingerprint density at radius 1 is 0.943 bits per heavy atom. The fourth-order valence-corrected chi connectivity index (χ4v) is 6.75. The molecular weight excluding hydrogens is 464 g/mol. The molecule has 5 heterocycles. The summed E-state index contributed by atoms with van der Waals surface area (Å²) in [5.74, 6) is 0.238. The van der Waals surface area contributed by atoms with Gasteiger partial charge in [0.05, 0.1) is 35.5 Å². The van der Waals surface area contributed by atoms with Crippen LogP contribution in [-0.2, 0) is 26.0 Å². The van der Waals surface area contributed by atoms with Crippen LogP contribution in [0.4, 0.5) is 0 Å². The smallest absolute Gasteiger partial charge is 0.272 e. The fourth-order valence-electron chi connectivity index (χ4n) is 5.41. The van der Waals surface area contributed by atoms with E-state index in [0.717, 1.165) is 41.0 Å². The van der Waals surface area contributed by atoms with Crippen molar-refractivity contribution in [2.75, 3.05) is 52.6 Å². The molecule has 4 aliphatic heterocycles. The van der Waals surface area contributed by atoms with Crippen LogP contribution in [0.3, 0.4) is 0 Å². The van der Waals surface area contributed by atoms with Crippen LogP contribution in [0.1, 0.15) is 54.6 Å². The SMILES string of the molecule is C1CCCN(C2CCOCC2)CC1.O=C(c1[nH]nc2c1CS(=O)c1ccccc1-2)N1CCOCC1. The van der Waals surface area contributed by atoms with Gasteiger partial charge in [0.1, 0.15) is 5.69 Å². The number of hydrogen-bond donors (Lipinski definition) is 1. The van der Waals surface area contributed by atoms with Gasteiger partial charge in [0.15, 0.2) is 0 Å². The number of aromatic nitrogens is 2. The van der Waals surface area contributed by atoms with Crippen molar-refractivity contribution in [1.82, 2.24) is 20.0 Å². The number of ether oxygens (including phenoxy) is 2. The molecule has 4 aliphatic rings. The second-order valence-electron chi connectivity index (χ2n) is 9.61. The van der Waals surface area contributed by atoms with E-state index in [9.17, 15) is 9.00 Å². The van der Waals surface area contributed by atoms with Crippen molar-refractivity contribution in [2.24, 2.45) is 0 Å². The molecule has 9 heteroatoms. The molecule has 1 aromatic carbocycles. The zero-order valence-electron chi connectivity index (χ0n) is 20.4. The Morgan fingerprint density at radius 3 is 2.37 bits per heavy atom. The molecule has 0 bridgehead atoms. The number of hydrogen-bond acceptors (Lipinski definition) is 6. The number of aromatic amines is 1. The summed E-state index contributed by atoms with van der Waals surface area (Å²) in [6.07, 6.45) is 8.24. The van der Waals surface area contributed by atoms with Gasteiger partial charge in [-0.05, 0) is 44.8 Å². The van der Waals surface area contributed by atoms with Crippen molar-refractivity contribution in [3.05, 3.63) is 35.5 Å². The molecule has 1 atom stereocenters. The van der Waals surface area contributed by atoms with Crippen LogP contribution in [0.15, 0.2) is 29.2 Å². The highest BCUT2D eigenvalue weighted by molar-refractivity contribution is 7.84. The van der Waals surface area contributed by atoms with Gasteiger partial charge in [-0.25, -0.2) is 0 Å². The van der Waals surface area contributed by atoms with Gasteiger partial charge < -0.3 is 19.3 Å². The van der Waals surface area contributed by atoms with Crippen LogP contribution in [0.5, 0.6) is 0 Å². The van der Waals surface area contributed by atoms with Crippen molar-refractivity contribution in [2.45, 2.75) is 55.2 Å². The normalized spacial score (nSPS) is 23.4. The molecule has 1 N–H and O–H groups in total. The lowest BCUT2D eigenvalue weighted by Gasteiger charge is -2.33. The third-order valence-corrected chi connectivity index (χ3v) is 8.79. The van der Waals surface area contributed by atoms with Gasteiger partial charge >= 0.3 is 0 Å². The van der Waals surface area contributed by atoms with Crippen molar-refractivity contribution < 1.29 is 18.5 Å².